The summed E-state index contributed by atoms with van der Waals surface area (Å²) in [7, 11) is 0. The SMILES string of the molecule is CCc1cc(Oc2ccc([C@H](O)CC)cc2)ccc1Cl. The van der Waals surface area contributed by atoms with Crippen molar-refractivity contribution in [1.82, 2.24) is 0 Å². The van der Waals surface area contributed by atoms with Crippen molar-refractivity contribution in [2.24, 2.45) is 0 Å². The highest BCUT2D eigenvalue weighted by molar-refractivity contribution is 6.31. The fraction of sp³-hybridized carbons (Fsp3) is 0.294. The molecule has 0 aliphatic carbocycles. The molecule has 0 radical (unpaired) electrons. The van der Waals surface area contributed by atoms with E-state index in [1.807, 2.05) is 49.4 Å². The quantitative estimate of drug-likeness (QED) is 0.826. The molecule has 2 nitrogen and oxygen atoms in total. The summed E-state index contributed by atoms with van der Waals surface area (Å²) < 4.78 is 5.80. The monoisotopic (exact) mass is 290 g/mol. The molecular formula is C17H19ClO2. The topological polar surface area (TPSA) is 29.5 Å². The zero-order valence-electron chi connectivity index (χ0n) is 11.8. The van der Waals surface area contributed by atoms with Gasteiger partial charge in [0, 0.05) is 5.02 Å². The predicted molar refractivity (Wildman–Crippen MR) is 82.6 cm³/mol. The molecule has 0 heterocycles. The Balaban J connectivity index is 2.14. The second-order valence-electron chi connectivity index (χ2n) is 4.70. The molecule has 2 aromatic carbocycles. The van der Waals surface area contributed by atoms with Crippen LogP contribution in [-0.4, -0.2) is 5.11 Å². The average molecular weight is 291 g/mol. The van der Waals surface area contributed by atoms with Crippen LogP contribution < -0.4 is 4.74 Å². The highest BCUT2D eigenvalue weighted by Crippen LogP contribution is 2.28. The first-order valence-corrected chi connectivity index (χ1v) is 7.26. The van der Waals surface area contributed by atoms with E-state index in [-0.39, 0.29) is 0 Å². The third kappa shape index (κ3) is 3.53. The van der Waals surface area contributed by atoms with Crippen LogP contribution in [0.2, 0.25) is 5.02 Å². The summed E-state index contributed by atoms with van der Waals surface area (Å²) in [5.41, 5.74) is 1.98. The molecule has 0 fully saturated rings. The van der Waals surface area contributed by atoms with Crippen molar-refractivity contribution in [2.75, 3.05) is 0 Å². The predicted octanol–water partition coefficient (Wildman–Crippen LogP) is 5.14. The Morgan fingerprint density at radius 2 is 1.70 bits per heavy atom. The Morgan fingerprint density at radius 3 is 2.30 bits per heavy atom. The molecular weight excluding hydrogens is 272 g/mol. The van der Waals surface area contributed by atoms with Gasteiger partial charge in [-0.1, -0.05) is 37.6 Å². The van der Waals surface area contributed by atoms with Gasteiger partial charge in [-0.25, -0.2) is 0 Å². The van der Waals surface area contributed by atoms with E-state index in [1.54, 1.807) is 0 Å². The smallest absolute Gasteiger partial charge is 0.127 e. The van der Waals surface area contributed by atoms with Crippen LogP contribution in [0.4, 0.5) is 0 Å². The van der Waals surface area contributed by atoms with Gasteiger partial charge in [0.15, 0.2) is 0 Å². The van der Waals surface area contributed by atoms with Crippen molar-refractivity contribution in [3.63, 3.8) is 0 Å². The average Bonchev–Trinajstić information content (AvgIpc) is 2.49. The zero-order chi connectivity index (χ0) is 14.5. The number of rotatable bonds is 5. The number of hydrogen-bond donors (Lipinski definition) is 1. The number of hydrogen-bond acceptors (Lipinski definition) is 2. The van der Waals surface area contributed by atoms with Gasteiger partial charge in [-0.3, -0.25) is 0 Å². The van der Waals surface area contributed by atoms with Gasteiger partial charge in [0.2, 0.25) is 0 Å². The molecule has 0 aromatic heterocycles. The second kappa shape index (κ2) is 6.78. The fourth-order valence-corrected chi connectivity index (χ4v) is 2.27. The molecule has 0 saturated carbocycles. The number of benzene rings is 2. The van der Waals surface area contributed by atoms with Crippen LogP contribution in [0.25, 0.3) is 0 Å². The van der Waals surface area contributed by atoms with Gasteiger partial charge >= 0.3 is 0 Å². The summed E-state index contributed by atoms with van der Waals surface area (Å²) >= 11 is 6.09. The van der Waals surface area contributed by atoms with Crippen LogP contribution in [0.5, 0.6) is 11.5 Å². The minimum Gasteiger partial charge on any atom is -0.457 e. The molecule has 0 spiro atoms. The molecule has 0 amide bonds. The van der Waals surface area contributed by atoms with Crippen molar-refractivity contribution in [3.8, 4) is 11.5 Å². The van der Waals surface area contributed by atoms with Gasteiger partial charge in [-0.15, -0.1) is 0 Å². The Hall–Kier alpha value is -1.51. The molecule has 1 atom stereocenters. The molecule has 1 N–H and O–H groups in total. The highest BCUT2D eigenvalue weighted by atomic mass is 35.5. The maximum Gasteiger partial charge on any atom is 0.127 e. The van der Waals surface area contributed by atoms with E-state index in [0.29, 0.717) is 6.42 Å². The summed E-state index contributed by atoms with van der Waals surface area (Å²) in [5, 5.41) is 10.5. The first kappa shape index (κ1) is 14.9. The molecule has 0 aliphatic rings. The van der Waals surface area contributed by atoms with Crippen LogP contribution in [0, 0.1) is 0 Å². The Labute approximate surface area is 125 Å². The molecule has 3 heteroatoms. The van der Waals surface area contributed by atoms with Crippen molar-refractivity contribution < 1.29 is 9.84 Å². The third-order valence-electron chi connectivity index (χ3n) is 3.29. The zero-order valence-corrected chi connectivity index (χ0v) is 12.5. The molecule has 106 valence electrons. The maximum absolute atomic E-state index is 9.75. The summed E-state index contributed by atoms with van der Waals surface area (Å²) in [5.74, 6) is 1.52. The third-order valence-corrected chi connectivity index (χ3v) is 3.65. The van der Waals surface area contributed by atoms with E-state index in [0.717, 1.165) is 34.1 Å². The van der Waals surface area contributed by atoms with Gasteiger partial charge in [-0.05, 0) is 54.3 Å². The molecule has 2 rings (SSSR count). The lowest BCUT2D eigenvalue weighted by atomic mass is 10.1. The Kier molecular flexibility index (Phi) is 5.05. The summed E-state index contributed by atoms with van der Waals surface area (Å²) in [4.78, 5) is 0. The number of ether oxygens (including phenoxy) is 1. The number of aliphatic hydroxyl groups excluding tert-OH is 1. The summed E-state index contributed by atoms with van der Waals surface area (Å²) in [6.45, 7) is 4.01. The highest BCUT2D eigenvalue weighted by Gasteiger charge is 2.06. The van der Waals surface area contributed by atoms with Crippen LogP contribution in [0.3, 0.4) is 0 Å². The first-order chi connectivity index (χ1) is 9.63. The van der Waals surface area contributed by atoms with Crippen molar-refractivity contribution in [1.29, 1.82) is 0 Å². The maximum atomic E-state index is 9.75. The van der Waals surface area contributed by atoms with Crippen LogP contribution in [-0.2, 0) is 6.42 Å². The standard InChI is InChI=1S/C17H19ClO2/c1-3-12-11-15(9-10-16(12)18)20-14-7-5-13(6-8-14)17(19)4-2/h5-11,17,19H,3-4H2,1-2H3/t17-/m1/s1. The summed E-state index contributed by atoms with van der Waals surface area (Å²) in [6, 6.07) is 13.2. The first-order valence-electron chi connectivity index (χ1n) is 6.88. The van der Waals surface area contributed by atoms with Gasteiger partial charge in [0.25, 0.3) is 0 Å². The minimum absolute atomic E-state index is 0.411. The summed E-state index contributed by atoms with van der Waals surface area (Å²) in [6.07, 6.45) is 1.17. The fourth-order valence-electron chi connectivity index (χ4n) is 2.02. The lowest BCUT2D eigenvalue weighted by Crippen LogP contribution is -1.94. The normalized spacial score (nSPS) is 12.2. The number of halogens is 1. The van der Waals surface area contributed by atoms with E-state index in [9.17, 15) is 5.11 Å². The lowest BCUT2D eigenvalue weighted by Gasteiger charge is -2.11. The second-order valence-corrected chi connectivity index (χ2v) is 5.11. The molecule has 0 unspecified atom stereocenters. The number of aliphatic hydroxyl groups is 1. The molecule has 2 aromatic rings. The minimum atomic E-state index is -0.411. The largest absolute Gasteiger partial charge is 0.457 e. The van der Waals surface area contributed by atoms with E-state index >= 15 is 0 Å². The van der Waals surface area contributed by atoms with Gasteiger partial charge in [0.1, 0.15) is 11.5 Å². The Morgan fingerprint density at radius 1 is 1.05 bits per heavy atom. The van der Waals surface area contributed by atoms with Crippen LogP contribution >= 0.6 is 11.6 Å². The van der Waals surface area contributed by atoms with E-state index in [2.05, 4.69) is 6.92 Å². The van der Waals surface area contributed by atoms with Crippen molar-refractivity contribution in [3.05, 3.63) is 58.6 Å². The van der Waals surface area contributed by atoms with Crippen LogP contribution in [0.1, 0.15) is 37.5 Å². The van der Waals surface area contributed by atoms with E-state index in [1.165, 1.54) is 0 Å². The van der Waals surface area contributed by atoms with Gasteiger partial charge in [0.05, 0.1) is 6.10 Å². The molecule has 0 aliphatic heterocycles. The van der Waals surface area contributed by atoms with Crippen molar-refractivity contribution in [2.45, 2.75) is 32.8 Å². The van der Waals surface area contributed by atoms with E-state index in [4.69, 9.17) is 16.3 Å². The van der Waals surface area contributed by atoms with Crippen molar-refractivity contribution >= 4 is 11.6 Å². The van der Waals surface area contributed by atoms with Crippen LogP contribution in [0.15, 0.2) is 42.5 Å². The number of aryl methyl sites for hydroxylation is 1. The molecule has 0 bridgehead atoms. The van der Waals surface area contributed by atoms with E-state index < -0.39 is 6.10 Å². The Bertz CT molecular complexity index is 564. The van der Waals surface area contributed by atoms with Gasteiger partial charge in [-0.2, -0.15) is 0 Å². The molecule has 20 heavy (non-hydrogen) atoms. The molecule has 0 saturated heterocycles. The van der Waals surface area contributed by atoms with Gasteiger partial charge < -0.3 is 9.84 Å². The lowest BCUT2D eigenvalue weighted by molar-refractivity contribution is 0.173.